The Bertz CT molecular complexity index is 730. The van der Waals surface area contributed by atoms with Crippen LogP contribution in [0, 0.1) is 0 Å². The fraction of sp³-hybridized carbons (Fsp3) is 0.214. The van der Waals surface area contributed by atoms with Crippen molar-refractivity contribution in [1.29, 1.82) is 0 Å². The average Bonchev–Trinajstić information content (AvgIpc) is 2.53. The molecule has 0 radical (unpaired) electrons. The van der Waals surface area contributed by atoms with Gasteiger partial charge in [0.05, 0.1) is 31.8 Å². The van der Waals surface area contributed by atoms with Crippen LogP contribution in [0.2, 0.25) is 0 Å². The summed E-state index contributed by atoms with van der Waals surface area (Å²) in [6.45, 7) is 2.47. The number of hydrogen-bond acceptors (Lipinski definition) is 6. The summed E-state index contributed by atoms with van der Waals surface area (Å²) in [5, 5.41) is 10.1. The van der Waals surface area contributed by atoms with Gasteiger partial charge in [-0.2, -0.15) is 10.2 Å². The largest absolute Gasteiger partial charge is 0.493 e. The van der Waals surface area contributed by atoms with Crippen molar-refractivity contribution >= 4 is 27.8 Å². The summed E-state index contributed by atoms with van der Waals surface area (Å²) in [7, 11) is 1.58. The van der Waals surface area contributed by atoms with Crippen molar-refractivity contribution in [3.8, 4) is 11.5 Å². The summed E-state index contributed by atoms with van der Waals surface area (Å²) < 4.78 is 11.1. The molecule has 1 aromatic carbocycles. The number of hydrogen-bond donors (Lipinski definition) is 2. The van der Waals surface area contributed by atoms with Crippen LogP contribution in [-0.4, -0.2) is 30.1 Å². The zero-order chi connectivity index (χ0) is 15.9. The first kappa shape index (κ1) is 16.0. The first-order valence-corrected chi connectivity index (χ1v) is 7.28. The Morgan fingerprint density at radius 3 is 3.00 bits per heavy atom. The molecule has 8 heteroatoms. The third-order valence-electron chi connectivity index (χ3n) is 2.68. The van der Waals surface area contributed by atoms with Crippen molar-refractivity contribution in [2.45, 2.75) is 6.92 Å². The molecular weight excluding hydrogens is 352 g/mol. The Balaban J connectivity index is 2.13. The second kappa shape index (κ2) is 7.60. The molecule has 0 saturated carbocycles. The smallest absolute Gasteiger partial charge is 0.280 e. The molecule has 1 aromatic heterocycles. The third kappa shape index (κ3) is 3.85. The zero-order valence-corrected chi connectivity index (χ0v) is 13.7. The second-order valence-corrected chi connectivity index (χ2v) is 4.93. The molecule has 1 heterocycles. The normalized spacial score (nSPS) is 10.7. The highest BCUT2D eigenvalue weighted by molar-refractivity contribution is 9.10. The van der Waals surface area contributed by atoms with Crippen LogP contribution in [0.3, 0.4) is 0 Å². The maximum atomic E-state index is 11.4. The molecule has 0 aliphatic carbocycles. The van der Waals surface area contributed by atoms with E-state index in [1.54, 1.807) is 19.4 Å². The summed E-state index contributed by atoms with van der Waals surface area (Å²) in [6, 6.07) is 5.47. The van der Waals surface area contributed by atoms with Crippen molar-refractivity contribution < 1.29 is 9.47 Å². The third-order valence-corrected chi connectivity index (χ3v) is 3.47. The lowest BCUT2D eigenvalue weighted by molar-refractivity contribution is 0.311. The number of methoxy groups -OCH3 is 1. The summed E-state index contributed by atoms with van der Waals surface area (Å²) in [6.07, 6.45) is 3.06. The van der Waals surface area contributed by atoms with E-state index in [1.807, 2.05) is 19.1 Å². The molecule has 0 unspecified atom stereocenters. The molecule has 2 rings (SSSR count). The standard InChI is InChI=1S/C14H15BrN4O3/c1-3-22-11-5-4-9(6-12(11)21-2)7-16-18-10-8-17-19-14(20)13(10)15/h4-8H,3H2,1-2H3,(H2,18,19,20)/b16-7-. The van der Waals surface area contributed by atoms with Gasteiger partial charge < -0.3 is 9.47 Å². The number of nitrogens with zero attached hydrogens (tertiary/aromatic N) is 2. The van der Waals surface area contributed by atoms with Gasteiger partial charge in [0.2, 0.25) is 0 Å². The Morgan fingerprint density at radius 2 is 2.27 bits per heavy atom. The molecule has 7 nitrogen and oxygen atoms in total. The summed E-state index contributed by atoms with van der Waals surface area (Å²) in [4.78, 5) is 11.4. The van der Waals surface area contributed by atoms with Crippen molar-refractivity contribution in [2.75, 3.05) is 19.1 Å². The average molecular weight is 367 g/mol. The van der Waals surface area contributed by atoms with Gasteiger partial charge in [0.1, 0.15) is 4.47 Å². The second-order valence-electron chi connectivity index (χ2n) is 4.14. The number of anilines is 1. The molecule has 2 aromatic rings. The number of nitrogens with one attached hydrogen (secondary N) is 2. The van der Waals surface area contributed by atoms with E-state index in [0.29, 0.717) is 28.3 Å². The maximum absolute atomic E-state index is 11.4. The molecule has 0 aliphatic heterocycles. The zero-order valence-electron chi connectivity index (χ0n) is 12.1. The van der Waals surface area contributed by atoms with Crippen LogP contribution in [0.1, 0.15) is 12.5 Å². The van der Waals surface area contributed by atoms with Crippen molar-refractivity contribution in [3.63, 3.8) is 0 Å². The van der Waals surface area contributed by atoms with Crippen molar-refractivity contribution in [2.24, 2.45) is 5.10 Å². The van der Waals surface area contributed by atoms with Gasteiger partial charge in [-0.25, -0.2) is 5.10 Å². The Kier molecular flexibility index (Phi) is 5.54. The van der Waals surface area contributed by atoms with Crippen LogP contribution in [0.4, 0.5) is 5.69 Å². The number of aromatic nitrogens is 2. The summed E-state index contributed by atoms with van der Waals surface area (Å²) in [5.41, 5.74) is 3.71. The minimum absolute atomic E-state index is 0.331. The topological polar surface area (TPSA) is 88.6 Å². The SMILES string of the molecule is CCOc1ccc(/C=N\Nc2cn[nH]c(=O)c2Br)cc1OC. The lowest BCUT2D eigenvalue weighted by atomic mass is 10.2. The van der Waals surface area contributed by atoms with Gasteiger partial charge in [-0.15, -0.1) is 0 Å². The number of benzene rings is 1. The molecule has 22 heavy (non-hydrogen) atoms. The van der Waals surface area contributed by atoms with Crippen LogP contribution in [0.5, 0.6) is 11.5 Å². The van der Waals surface area contributed by atoms with Gasteiger partial charge in [-0.05, 0) is 46.6 Å². The van der Waals surface area contributed by atoms with E-state index in [2.05, 4.69) is 36.7 Å². The lowest BCUT2D eigenvalue weighted by Gasteiger charge is -2.09. The molecule has 116 valence electrons. The van der Waals surface area contributed by atoms with Gasteiger partial charge in [0.25, 0.3) is 5.56 Å². The number of halogens is 1. The fourth-order valence-electron chi connectivity index (χ4n) is 1.68. The predicted molar refractivity (Wildman–Crippen MR) is 87.9 cm³/mol. The molecule has 0 atom stereocenters. The highest BCUT2D eigenvalue weighted by atomic mass is 79.9. The van der Waals surface area contributed by atoms with E-state index in [-0.39, 0.29) is 5.56 Å². The quantitative estimate of drug-likeness (QED) is 0.605. The number of H-pyrrole nitrogens is 1. The van der Waals surface area contributed by atoms with Crippen molar-refractivity contribution in [1.82, 2.24) is 10.2 Å². The monoisotopic (exact) mass is 366 g/mol. The van der Waals surface area contributed by atoms with Gasteiger partial charge in [-0.1, -0.05) is 0 Å². The Hall–Kier alpha value is -2.35. The van der Waals surface area contributed by atoms with E-state index in [4.69, 9.17) is 9.47 Å². The van der Waals surface area contributed by atoms with Gasteiger partial charge in [0.15, 0.2) is 11.5 Å². The Morgan fingerprint density at radius 1 is 1.45 bits per heavy atom. The minimum Gasteiger partial charge on any atom is -0.493 e. The fourth-order valence-corrected chi connectivity index (χ4v) is 1.96. The van der Waals surface area contributed by atoms with Crippen LogP contribution < -0.4 is 20.5 Å². The first-order chi connectivity index (χ1) is 10.7. The molecular formula is C14H15BrN4O3. The van der Waals surface area contributed by atoms with Gasteiger partial charge in [-0.3, -0.25) is 10.2 Å². The van der Waals surface area contributed by atoms with Crippen LogP contribution in [0.15, 0.2) is 38.8 Å². The summed E-state index contributed by atoms with van der Waals surface area (Å²) in [5.74, 6) is 1.31. The van der Waals surface area contributed by atoms with Crippen LogP contribution in [0.25, 0.3) is 0 Å². The minimum atomic E-state index is -0.331. The van der Waals surface area contributed by atoms with E-state index < -0.39 is 0 Å². The molecule has 0 fully saturated rings. The number of hydrazone groups is 1. The molecule has 0 amide bonds. The van der Waals surface area contributed by atoms with E-state index in [0.717, 1.165) is 5.56 Å². The summed E-state index contributed by atoms with van der Waals surface area (Å²) >= 11 is 3.16. The maximum Gasteiger partial charge on any atom is 0.280 e. The molecule has 0 aliphatic rings. The molecule has 0 saturated heterocycles. The van der Waals surface area contributed by atoms with Crippen LogP contribution >= 0.6 is 15.9 Å². The van der Waals surface area contributed by atoms with E-state index >= 15 is 0 Å². The highest BCUT2D eigenvalue weighted by Crippen LogP contribution is 2.27. The first-order valence-electron chi connectivity index (χ1n) is 6.48. The predicted octanol–water partition coefficient (Wildman–Crippen LogP) is 2.39. The number of aromatic amines is 1. The number of rotatable bonds is 6. The van der Waals surface area contributed by atoms with Gasteiger partial charge >= 0.3 is 0 Å². The van der Waals surface area contributed by atoms with Crippen molar-refractivity contribution in [3.05, 3.63) is 44.8 Å². The van der Waals surface area contributed by atoms with Gasteiger partial charge in [0, 0.05) is 0 Å². The highest BCUT2D eigenvalue weighted by Gasteiger charge is 2.05. The molecule has 0 bridgehead atoms. The Labute approximate surface area is 135 Å². The molecule has 2 N–H and O–H groups in total. The lowest BCUT2D eigenvalue weighted by Crippen LogP contribution is -2.10. The molecule has 0 spiro atoms. The number of ether oxygens (including phenoxy) is 2. The van der Waals surface area contributed by atoms with Crippen LogP contribution in [-0.2, 0) is 0 Å². The van der Waals surface area contributed by atoms with E-state index in [1.165, 1.54) is 6.20 Å². The van der Waals surface area contributed by atoms with E-state index in [9.17, 15) is 4.79 Å².